The quantitative estimate of drug-likeness (QED) is 0.0204. The van der Waals surface area contributed by atoms with Crippen molar-refractivity contribution < 1.29 is 64.6 Å². The molecule has 0 aliphatic carbocycles. The van der Waals surface area contributed by atoms with Gasteiger partial charge in [-0.2, -0.15) is 0 Å². The van der Waals surface area contributed by atoms with E-state index in [1.54, 1.807) is 6.08 Å². The fourth-order valence-electron chi connectivity index (χ4n) is 9.74. The summed E-state index contributed by atoms with van der Waals surface area (Å²) in [5.74, 6) is -0.248. The molecule has 0 aromatic carbocycles. The van der Waals surface area contributed by atoms with Crippen LogP contribution in [0.5, 0.6) is 0 Å². The predicted molar refractivity (Wildman–Crippen MR) is 323 cm³/mol. The lowest BCUT2D eigenvalue weighted by Crippen LogP contribution is -2.65. The van der Waals surface area contributed by atoms with Crippen LogP contribution in [0.2, 0.25) is 0 Å². The zero-order valence-electron chi connectivity index (χ0n) is 49.5. The maximum Gasteiger partial charge on any atom is 0.220 e. The first-order chi connectivity index (χ1) is 39.1. The maximum atomic E-state index is 13.1. The molecule has 2 aliphatic heterocycles. The lowest BCUT2D eigenvalue weighted by atomic mass is 9.97. The minimum absolute atomic E-state index is 0.248. The van der Waals surface area contributed by atoms with Gasteiger partial charge in [0.05, 0.1) is 32.0 Å². The summed E-state index contributed by atoms with van der Waals surface area (Å²) >= 11 is 0. The Morgan fingerprint density at radius 3 is 1.32 bits per heavy atom. The molecule has 0 saturated carbocycles. The van der Waals surface area contributed by atoms with Crippen LogP contribution in [0.25, 0.3) is 0 Å². The van der Waals surface area contributed by atoms with Crippen LogP contribution in [0.1, 0.15) is 219 Å². The van der Waals surface area contributed by atoms with Crippen LogP contribution in [0.3, 0.4) is 0 Å². The second-order valence-corrected chi connectivity index (χ2v) is 21.8. The molecule has 1 amide bonds. The van der Waals surface area contributed by atoms with Gasteiger partial charge in [-0.15, -0.1) is 0 Å². The van der Waals surface area contributed by atoms with Crippen molar-refractivity contribution in [3.8, 4) is 0 Å². The summed E-state index contributed by atoms with van der Waals surface area (Å²) in [5.41, 5.74) is 0. The number of aliphatic hydroxyl groups is 8. The molecule has 14 nitrogen and oxygen atoms in total. The van der Waals surface area contributed by atoms with Crippen LogP contribution in [0.4, 0.5) is 0 Å². The molecule has 2 heterocycles. The first-order valence-electron chi connectivity index (χ1n) is 31.5. The minimum Gasteiger partial charge on any atom is -0.394 e. The molecule has 0 aromatic rings. The van der Waals surface area contributed by atoms with Crippen molar-refractivity contribution >= 4 is 5.91 Å². The molecule has 0 aromatic heterocycles. The smallest absolute Gasteiger partial charge is 0.220 e. The second kappa shape index (κ2) is 50.4. The Hall–Kier alpha value is -3.09. The molecule has 2 aliphatic rings. The standard InChI is InChI=1S/C66H113NO13/c1-3-5-7-9-10-11-12-13-14-15-16-17-18-19-20-21-22-23-24-25-26-27-28-29-30-31-32-33-34-35-36-37-38-39-40-41-42-43-44-46-48-50-58(71)67-54(55(70)49-47-45-8-6-4-2)53-77-65-63(76)61(74)64(57(52-69)79-65)80-66-62(75)60(73)59(72)56(51-68)78-66/h5,7,10-11,13-14,16-17,19-20,22-23,25-26,47,49,54-57,59-66,68-70,72-76H,3-4,6,8-9,12,15,18,21,24,27-46,48,50-53H2,1-2H3,(H,67,71)/b7-5-,11-10-,14-13-,17-16-,20-19-,23-22-,26-25-,49-47+. The molecule has 12 unspecified atom stereocenters. The van der Waals surface area contributed by atoms with Gasteiger partial charge in [0.25, 0.3) is 0 Å². The number of unbranched alkanes of at least 4 members (excludes halogenated alkanes) is 22. The highest BCUT2D eigenvalue weighted by atomic mass is 16.7. The number of amides is 1. The van der Waals surface area contributed by atoms with Gasteiger partial charge in [0.2, 0.25) is 5.91 Å². The van der Waals surface area contributed by atoms with E-state index in [1.807, 2.05) is 6.08 Å². The molecular formula is C66H113NO13. The van der Waals surface area contributed by atoms with Gasteiger partial charge in [-0.05, 0) is 77.0 Å². The largest absolute Gasteiger partial charge is 0.394 e. The van der Waals surface area contributed by atoms with E-state index in [-0.39, 0.29) is 18.9 Å². The van der Waals surface area contributed by atoms with Crippen molar-refractivity contribution in [1.82, 2.24) is 5.32 Å². The summed E-state index contributed by atoms with van der Waals surface area (Å²) < 4.78 is 22.6. The average Bonchev–Trinajstić information content (AvgIpc) is 3.49. The number of rotatable bonds is 49. The Morgan fingerprint density at radius 2 is 0.863 bits per heavy atom. The molecule has 9 N–H and O–H groups in total. The lowest BCUT2D eigenvalue weighted by Gasteiger charge is -2.46. The zero-order chi connectivity index (χ0) is 58.1. The third-order valence-electron chi connectivity index (χ3n) is 14.8. The molecule has 2 fully saturated rings. The maximum absolute atomic E-state index is 13.1. The summed E-state index contributed by atoms with van der Waals surface area (Å²) in [6.07, 6.45) is 54.2. The van der Waals surface area contributed by atoms with E-state index >= 15 is 0 Å². The van der Waals surface area contributed by atoms with Crippen LogP contribution >= 0.6 is 0 Å². The molecule has 460 valence electrons. The molecule has 80 heavy (non-hydrogen) atoms. The summed E-state index contributed by atoms with van der Waals surface area (Å²) in [6.45, 7) is 2.54. The van der Waals surface area contributed by atoms with Gasteiger partial charge in [-0.3, -0.25) is 4.79 Å². The average molecular weight is 1130 g/mol. The number of ether oxygens (including phenoxy) is 4. The Bertz CT molecular complexity index is 1710. The number of allylic oxidation sites excluding steroid dienone is 15. The number of hydrogen-bond donors (Lipinski definition) is 9. The molecular weight excluding hydrogens is 1010 g/mol. The van der Waals surface area contributed by atoms with E-state index < -0.39 is 86.8 Å². The number of carbonyl (C=O) groups is 1. The highest BCUT2D eigenvalue weighted by molar-refractivity contribution is 5.76. The summed E-state index contributed by atoms with van der Waals surface area (Å²) in [4.78, 5) is 13.1. The first kappa shape index (κ1) is 73.0. The van der Waals surface area contributed by atoms with E-state index in [0.717, 1.165) is 89.9 Å². The fourth-order valence-corrected chi connectivity index (χ4v) is 9.74. The van der Waals surface area contributed by atoms with Gasteiger partial charge >= 0.3 is 0 Å². The second-order valence-electron chi connectivity index (χ2n) is 21.8. The van der Waals surface area contributed by atoms with Gasteiger partial charge in [0, 0.05) is 6.42 Å². The van der Waals surface area contributed by atoms with E-state index in [4.69, 9.17) is 18.9 Å². The van der Waals surface area contributed by atoms with Crippen LogP contribution in [-0.4, -0.2) is 140 Å². The van der Waals surface area contributed by atoms with Crippen LogP contribution < -0.4 is 5.32 Å². The zero-order valence-corrected chi connectivity index (χ0v) is 49.5. The fraction of sp³-hybridized carbons (Fsp3) is 0.742. The Labute approximate surface area is 483 Å². The van der Waals surface area contributed by atoms with Crippen LogP contribution in [0.15, 0.2) is 97.2 Å². The van der Waals surface area contributed by atoms with Crippen molar-refractivity contribution in [2.45, 2.75) is 293 Å². The molecule has 2 rings (SSSR count). The number of aliphatic hydroxyl groups excluding tert-OH is 8. The number of nitrogens with one attached hydrogen (secondary N) is 1. The normalized spacial score (nSPS) is 24.9. The van der Waals surface area contributed by atoms with Crippen molar-refractivity contribution in [3.63, 3.8) is 0 Å². The molecule has 0 bridgehead atoms. The van der Waals surface area contributed by atoms with Gasteiger partial charge < -0.3 is 65.1 Å². The SMILES string of the molecule is CC/C=C\C/C=C\C/C=C\C/C=C\C/C=C\C/C=C\C/C=C\CCCCCCCCCCCCCCCCCCCCCC(=O)NC(COC1OC(CO)C(OC2OC(CO)C(O)C(O)C2O)C(O)C1O)C(O)/C=C/CCCCC. The Kier molecular flexibility index (Phi) is 46.0. The van der Waals surface area contributed by atoms with Crippen molar-refractivity contribution in [2.24, 2.45) is 0 Å². The third-order valence-corrected chi connectivity index (χ3v) is 14.8. The molecule has 12 atom stereocenters. The van der Waals surface area contributed by atoms with Crippen LogP contribution in [-0.2, 0) is 23.7 Å². The lowest BCUT2D eigenvalue weighted by molar-refractivity contribution is -0.359. The minimum atomic E-state index is -1.79. The van der Waals surface area contributed by atoms with E-state index in [2.05, 4.69) is 104 Å². The number of carbonyl (C=O) groups excluding carboxylic acids is 1. The number of hydrogen-bond acceptors (Lipinski definition) is 13. The molecule has 0 spiro atoms. The van der Waals surface area contributed by atoms with Gasteiger partial charge in [-0.25, -0.2) is 0 Å². The van der Waals surface area contributed by atoms with Crippen molar-refractivity contribution in [2.75, 3.05) is 19.8 Å². The first-order valence-corrected chi connectivity index (χ1v) is 31.5. The van der Waals surface area contributed by atoms with Gasteiger partial charge in [-0.1, -0.05) is 233 Å². The van der Waals surface area contributed by atoms with E-state index in [0.29, 0.717) is 6.42 Å². The topological polar surface area (TPSA) is 228 Å². The highest BCUT2D eigenvalue weighted by Crippen LogP contribution is 2.30. The summed E-state index contributed by atoms with van der Waals surface area (Å²) in [6, 6.07) is -0.913. The van der Waals surface area contributed by atoms with E-state index in [9.17, 15) is 45.6 Å². The van der Waals surface area contributed by atoms with Crippen LogP contribution in [0, 0.1) is 0 Å². The molecule has 2 saturated heterocycles. The van der Waals surface area contributed by atoms with Crippen molar-refractivity contribution in [3.05, 3.63) is 97.2 Å². The monoisotopic (exact) mass is 1130 g/mol. The predicted octanol–water partition coefficient (Wildman–Crippen LogP) is 11.4. The molecule has 14 heteroatoms. The van der Waals surface area contributed by atoms with E-state index in [1.165, 1.54) is 103 Å². The summed E-state index contributed by atoms with van der Waals surface area (Å²) in [5, 5.41) is 86.4. The Balaban J connectivity index is 1.48. The summed E-state index contributed by atoms with van der Waals surface area (Å²) in [7, 11) is 0. The molecule has 0 radical (unpaired) electrons. The van der Waals surface area contributed by atoms with Gasteiger partial charge in [0.1, 0.15) is 48.8 Å². The van der Waals surface area contributed by atoms with Crippen molar-refractivity contribution in [1.29, 1.82) is 0 Å². The van der Waals surface area contributed by atoms with Gasteiger partial charge in [0.15, 0.2) is 12.6 Å². The Morgan fingerprint density at radius 1 is 0.463 bits per heavy atom. The third kappa shape index (κ3) is 35.1. The highest BCUT2D eigenvalue weighted by Gasteiger charge is 2.51.